The van der Waals surface area contributed by atoms with Crippen LogP contribution < -0.4 is 10.6 Å². The van der Waals surface area contributed by atoms with Crippen molar-refractivity contribution in [3.8, 4) is 0 Å². The normalized spacial score (nSPS) is 23.0. The van der Waals surface area contributed by atoms with E-state index in [9.17, 15) is 9.90 Å². The summed E-state index contributed by atoms with van der Waals surface area (Å²) in [6, 6.07) is 5.09. The first-order valence-electron chi connectivity index (χ1n) is 7.64. The molecule has 1 aromatic rings. The smallest absolute Gasteiger partial charge is 0.223 e. The zero-order chi connectivity index (χ0) is 15.7. The number of benzene rings is 1. The molecule has 2 aliphatic rings. The lowest BCUT2D eigenvalue weighted by atomic mass is 9.92. The topological polar surface area (TPSA) is 61.4 Å². The second-order valence-electron chi connectivity index (χ2n) is 6.27. The van der Waals surface area contributed by atoms with E-state index in [1.807, 2.05) is 0 Å². The van der Waals surface area contributed by atoms with Gasteiger partial charge >= 0.3 is 0 Å². The molecule has 3 N–H and O–H groups in total. The van der Waals surface area contributed by atoms with Gasteiger partial charge < -0.3 is 15.7 Å². The third-order valence-corrected chi connectivity index (χ3v) is 5.57. The zero-order valence-electron chi connectivity index (χ0n) is 12.6. The first-order chi connectivity index (χ1) is 10.5. The number of piperidine rings is 1. The van der Waals surface area contributed by atoms with Crippen LogP contribution in [0, 0.1) is 11.3 Å². The fraction of sp³-hybridized carbons (Fsp3) is 0.562. The lowest BCUT2D eigenvalue weighted by Crippen LogP contribution is -2.35. The Labute approximate surface area is 152 Å². The number of amides is 1. The number of hydrogen-bond donors (Lipinski definition) is 3. The molecule has 1 amide bonds. The molecule has 2 fully saturated rings. The number of rotatable bonds is 4. The van der Waals surface area contributed by atoms with Gasteiger partial charge in [0.2, 0.25) is 5.91 Å². The second kappa shape index (κ2) is 7.58. The maximum atomic E-state index is 12.3. The zero-order valence-corrected chi connectivity index (χ0v) is 15.0. The minimum Gasteiger partial charge on any atom is -0.386 e. The molecule has 23 heavy (non-hydrogen) atoms. The monoisotopic (exact) mass is 378 g/mol. The Morgan fingerprint density at radius 1 is 1.35 bits per heavy atom. The molecule has 7 heteroatoms. The molecule has 1 aliphatic heterocycles. The molecule has 1 heterocycles. The van der Waals surface area contributed by atoms with E-state index in [0.717, 1.165) is 32.4 Å². The number of hydrogen-bond acceptors (Lipinski definition) is 3. The average molecular weight is 380 g/mol. The predicted molar refractivity (Wildman–Crippen MR) is 94.3 cm³/mol. The number of carbonyl (C=O) groups excluding carboxylic acids is 1. The third-order valence-electron chi connectivity index (χ3n) is 4.91. The van der Waals surface area contributed by atoms with E-state index in [0.29, 0.717) is 15.6 Å². The Bertz CT molecular complexity index is 556. The molecule has 1 saturated carbocycles. The summed E-state index contributed by atoms with van der Waals surface area (Å²) in [5.74, 6) is 0.118. The van der Waals surface area contributed by atoms with Gasteiger partial charge in [0, 0.05) is 28.1 Å². The van der Waals surface area contributed by atoms with Crippen LogP contribution in [0.1, 0.15) is 30.9 Å². The summed E-state index contributed by atoms with van der Waals surface area (Å²) in [5, 5.41) is 17.2. The van der Waals surface area contributed by atoms with Crippen molar-refractivity contribution in [2.75, 3.05) is 19.6 Å². The maximum absolute atomic E-state index is 12.3. The van der Waals surface area contributed by atoms with Crippen LogP contribution in [0.3, 0.4) is 0 Å². The van der Waals surface area contributed by atoms with Gasteiger partial charge in [-0.2, -0.15) is 0 Å². The third kappa shape index (κ3) is 3.94. The molecular weight excluding hydrogens is 359 g/mol. The van der Waals surface area contributed by atoms with E-state index < -0.39 is 6.10 Å². The first kappa shape index (κ1) is 18.8. The quantitative estimate of drug-likeness (QED) is 0.754. The highest BCUT2D eigenvalue weighted by molar-refractivity contribution is 6.36. The number of carbonyl (C=O) groups is 1. The van der Waals surface area contributed by atoms with E-state index in [-0.39, 0.29) is 36.2 Å². The van der Waals surface area contributed by atoms with Crippen molar-refractivity contribution in [3.63, 3.8) is 0 Å². The Morgan fingerprint density at radius 3 is 2.57 bits per heavy atom. The largest absolute Gasteiger partial charge is 0.386 e. The minimum atomic E-state index is -0.895. The summed E-state index contributed by atoms with van der Waals surface area (Å²) in [7, 11) is 0. The summed E-state index contributed by atoms with van der Waals surface area (Å²) >= 11 is 12.1. The predicted octanol–water partition coefficient (Wildman–Crippen LogP) is 2.95. The molecule has 0 radical (unpaired) electrons. The van der Waals surface area contributed by atoms with Gasteiger partial charge in [-0.1, -0.05) is 29.3 Å². The summed E-state index contributed by atoms with van der Waals surface area (Å²) in [6.45, 7) is 2.11. The van der Waals surface area contributed by atoms with E-state index in [4.69, 9.17) is 23.2 Å². The molecule has 2 unspecified atom stereocenters. The van der Waals surface area contributed by atoms with Crippen LogP contribution in [0.5, 0.6) is 0 Å². The standard InChI is InChI=1S/C16H20Cl2N2O2.ClH/c17-11-2-1-3-12(18)14(11)13(21)9-20-15(22)10-8-16(10)4-6-19-7-5-16;/h1-3,10,13,19,21H,4-9H2,(H,20,22);1H. The van der Waals surface area contributed by atoms with Crippen LogP contribution in [0.25, 0.3) is 0 Å². The summed E-state index contributed by atoms with van der Waals surface area (Å²) in [6.07, 6.45) is 2.19. The van der Waals surface area contributed by atoms with Crippen LogP contribution in [0.2, 0.25) is 10.0 Å². The Morgan fingerprint density at radius 2 is 1.96 bits per heavy atom. The number of halogens is 3. The van der Waals surface area contributed by atoms with Gasteiger partial charge in [-0.3, -0.25) is 4.79 Å². The Hall–Kier alpha value is -0.520. The Kier molecular flexibility index (Phi) is 6.20. The van der Waals surface area contributed by atoms with Gasteiger partial charge in [-0.15, -0.1) is 12.4 Å². The fourth-order valence-electron chi connectivity index (χ4n) is 3.45. The van der Waals surface area contributed by atoms with Crippen molar-refractivity contribution >= 4 is 41.5 Å². The molecule has 0 bridgehead atoms. The van der Waals surface area contributed by atoms with Gasteiger partial charge in [0.25, 0.3) is 0 Å². The average Bonchev–Trinajstić information content (AvgIpc) is 3.18. The van der Waals surface area contributed by atoms with E-state index in [1.165, 1.54) is 0 Å². The van der Waals surface area contributed by atoms with E-state index in [2.05, 4.69) is 10.6 Å². The van der Waals surface area contributed by atoms with Crippen LogP contribution in [-0.4, -0.2) is 30.6 Å². The van der Waals surface area contributed by atoms with Crippen LogP contribution in [-0.2, 0) is 4.79 Å². The fourth-order valence-corrected chi connectivity index (χ4v) is 4.10. The molecule has 1 saturated heterocycles. The van der Waals surface area contributed by atoms with Crippen molar-refractivity contribution in [2.45, 2.75) is 25.4 Å². The van der Waals surface area contributed by atoms with Crippen molar-refractivity contribution in [1.29, 1.82) is 0 Å². The highest BCUT2D eigenvalue weighted by Crippen LogP contribution is 2.58. The van der Waals surface area contributed by atoms with Crippen molar-refractivity contribution < 1.29 is 9.90 Å². The van der Waals surface area contributed by atoms with Crippen molar-refractivity contribution in [3.05, 3.63) is 33.8 Å². The molecular formula is C16H21Cl3N2O2. The molecule has 1 aromatic carbocycles. The van der Waals surface area contributed by atoms with E-state index >= 15 is 0 Å². The molecule has 1 spiro atoms. The molecule has 4 nitrogen and oxygen atoms in total. The molecule has 2 atom stereocenters. The van der Waals surface area contributed by atoms with Gasteiger partial charge in [-0.05, 0) is 49.9 Å². The summed E-state index contributed by atoms with van der Waals surface area (Å²) < 4.78 is 0. The first-order valence-corrected chi connectivity index (χ1v) is 8.39. The van der Waals surface area contributed by atoms with Gasteiger partial charge in [0.05, 0.1) is 6.10 Å². The number of aliphatic hydroxyl groups is 1. The molecule has 1 aliphatic carbocycles. The van der Waals surface area contributed by atoms with Crippen molar-refractivity contribution in [1.82, 2.24) is 10.6 Å². The van der Waals surface area contributed by atoms with Crippen LogP contribution in [0.15, 0.2) is 18.2 Å². The van der Waals surface area contributed by atoms with Gasteiger partial charge in [-0.25, -0.2) is 0 Å². The molecule has 0 aromatic heterocycles. The van der Waals surface area contributed by atoms with Gasteiger partial charge in [0.1, 0.15) is 0 Å². The summed E-state index contributed by atoms with van der Waals surface area (Å²) in [5.41, 5.74) is 0.668. The lowest BCUT2D eigenvalue weighted by molar-refractivity contribution is -0.123. The molecule has 3 rings (SSSR count). The second-order valence-corrected chi connectivity index (χ2v) is 7.08. The number of aliphatic hydroxyl groups excluding tert-OH is 1. The Balaban J connectivity index is 0.00000192. The maximum Gasteiger partial charge on any atom is 0.223 e. The minimum absolute atomic E-state index is 0. The summed E-state index contributed by atoms with van der Waals surface area (Å²) in [4.78, 5) is 12.3. The highest BCUT2D eigenvalue weighted by Gasteiger charge is 2.57. The van der Waals surface area contributed by atoms with Crippen LogP contribution >= 0.6 is 35.6 Å². The lowest BCUT2D eigenvalue weighted by Gasteiger charge is -2.23. The van der Waals surface area contributed by atoms with E-state index in [1.54, 1.807) is 18.2 Å². The number of nitrogens with one attached hydrogen (secondary N) is 2. The molecule has 128 valence electrons. The van der Waals surface area contributed by atoms with Crippen molar-refractivity contribution in [2.24, 2.45) is 11.3 Å². The SMILES string of the molecule is Cl.O=C(NCC(O)c1c(Cl)cccc1Cl)C1CC12CCNCC2. The van der Waals surface area contributed by atoms with Gasteiger partial charge in [0.15, 0.2) is 0 Å². The highest BCUT2D eigenvalue weighted by atomic mass is 35.5. The van der Waals surface area contributed by atoms with Crippen LogP contribution in [0.4, 0.5) is 0 Å².